The van der Waals surface area contributed by atoms with Crippen molar-refractivity contribution in [2.24, 2.45) is 10.8 Å². The standard InChI is InChI=1S/C17H24FN5O2/c1-10(2)22(11(3)4)7-8-23-14-6-5-12(18)9-13(14)15(16(23)24)20-21-17(19)25/h5-6,9-11H,7-8H2,1-4H3,(H3,19,21,25). The Labute approximate surface area is 146 Å². The van der Waals surface area contributed by atoms with Crippen molar-refractivity contribution < 1.29 is 14.0 Å². The maximum Gasteiger partial charge on any atom is 0.332 e. The van der Waals surface area contributed by atoms with Crippen molar-refractivity contribution in [2.45, 2.75) is 39.8 Å². The second-order valence-electron chi connectivity index (χ2n) is 6.48. The highest BCUT2D eigenvalue weighted by molar-refractivity contribution is 6.54. The fourth-order valence-corrected chi connectivity index (χ4v) is 3.05. The zero-order valence-corrected chi connectivity index (χ0v) is 14.9. The molecule has 0 atom stereocenters. The Morgan fingerprint density at radius 3 is 2.52 bits per heavy atom. The molecule has 1 heterocycles. The molecular formula is C17H24FN5O2. The van der Waals surface area contributed by atoms with E-state index in [0.29, 0.717) is 36.4 Å². The van der Waals surface area contributed by atoms with Crippen molar-refractivity contribution >= 4 is 23.3 Å². The van der Waals surface area contributed by atoms with Gasteiger partial charge in [-0.2, -0.15) is 5.10 Å². The lowest BCUT2D eigenvalue weighted by Crippen LogP contribution is -2.44. The predicted molar refractivity (Wildman–Crippen MR) is 95.0 cm³/mol. The van der Waals surface area contributed by atoms with Crippen LogP contribution in [0.25, 0.3) is 0 Å². The van der Waals surface area contributed by atoms with Gasteiger partial charge in [-0.25, -0.2) is 14.6 Å². The third-order valence-electron chi connectivity index (χ3n) is 4.14. The first-order chi connectivity index (χ1) is 11.7. The molecule has 8 heteroatoms. The number of nitrogens with two attached hydrogens (primary N) is 1. The summed E-state index contributed by atoms with van der Waals surface area (Å²) in [6, 6.07) is 3.85. The SMILES string of the molecule is CC(C)N(CCN1C(=O)C(=NNC(N)=O)c2cc(F)ccc21)C(C)C. The summed E-state index contributed by atoms with van der Waals surface area (Å²) in [7, 11) is 0. The van der Waals surface area contributed by atoms with E-state index < -0.39 is 11.8 Å². The van der Waals surface area contributed by atoms with Gasteiger partial charge in [0.25, 0.3) is 5.91 Å². The highest BCUT2D eigenvalue weighted by atomic mass is 19.1. The van der Waals surface area contributed by atoms with E-state index in [2.05, 4.69) is 37.7 Å². The number of fused-ring (bicyclic) bond motifs is 1. The summed E-state index contributed by atoms with van der Waals surface area (Å²) in [5.74, 6) is -0.868. The summed E-state index contributed by atoms with van der Waals surface area (Å²) in [5, 5.41) is 3.75. The maximum atomic E-state index is 13.6. The van der Waals surface area contributed by atoms with Crippen LogP contribution >= 0.6 is 0 Å². The molecule has 1 aliphatic rings. The van der Waals surface area contributed by atoms with Gasteiger partial charge in [0.05, 0.1) is 5.69 Å². The number of primary amides is 1. The van der Waals surface area contributed by atoms with Gasteiger partial charge >= 0.3 is 6.03 Å². The van der Waals surface area contributed by atoms with Gasteiger partial charge in [-0.3, -0.25) is 9.69 Å². The second-order valence-corrected chi connectivity index (χ2v) is 6.48. The fourth-order valence-electron chi connectivity index (χ4n) is 3.05. The van der Waals surface area contributed by atoms with Crippen molar-refractivity contribution in [3.63, 3.8) is 0 Å². The van der Waals surface area contributed by atoms with Crippen molar-refractivity contribution in [2.75, 3.05) is 18.0 Å². The van der Waals surface area contributed by atoms with Gasteiger partial charge in [-0.15, -0.1) is 0 Å². The molecule has 25 heavy (non-hydrogen) atoms. The summed E-state index contributed by atoms with van der Waals surface area (Å²) >= 11 is 0. The molecule has 0 aliphatic carbocycles. The minimum atomic E-state index is -0.887. The first kappa shape index (κ1) is 18.9. The number of urea groups is 1. The average molecular weight is 349 g/mol. The molecule has 1 aromatic carbocycles. The van der Waals surface area contributed by atoms with E-state index in [1.54, 1.807) is 11.0 Å². The third kappa shape index (κ3) is 4.14. The molecule has 0 radical (unpaired) electrons. The van der Waals surface area contributed by atoms with Crippen LogP contribution in [0, 0.1) is 5.82 Å². The fraction of sp³-hybridized carbons (Fsp3) is 0.471. The highest BCUT2D eigenvalue weighted by Crippen LogP contribution is 2.30. The largest absolute Gasteiger partial charge is 0.350 e. The van der Waals surface area contributed by atoms with Crippen LogP contribution in [0.5, 0.6) is 0 Å². The lowest BCUT2D eigenvalue weighted by molar-refractivity contribution is -0.112. The van der Waals surface area contributed by atoms with Crippen LogP contribution in [0.15, 0.2) is 23.3 Å². The van der Waals surface area contributed by atoms with E-state index >= 15 is 0 Å². The van der Waals surface area contributed by atoms with Gasteiger partial charge in [0, 0.05) is 30.7 Å². The molecule has 0 saturated carbocycles. The molecule has 7 nitrogen and oxygen atoms in total. The zero-order valence-electron chi connectivity index (χ0n) is 14.9. The van der Waals surface area contributed by atoms with E-state index in [0.717, 1.165) is 0 Å². The quantitative estimate of drug-likeness (QED) is 0.765. The molecular weight excluding hydrogens is 325 g/mol. The Hall–Kier alpha value is -2.48. The summed E-state index contributed by atoms with van der Waals surface area (Å²) in [4.78, 5) is 27.4. The summed E-state index contributed by atoms with van der Waals surface area (Å²) in [5.41, 5.74) is 7.95. The van der Waals surface area contributed by atoms with Crippen molar-refractivity contribution in [1.29, 1.82) is 0 Å². The van der Waals surface area contributed by atoms with Crippen LogP contribution in [-0.4, -0.2) is 47.7 Å². The topological polar surface area (TPSA) is 91.0 Å². The Kier molecular flexibility index (Phi) is 5.73. The van der Waals surface area contributed by atoms with Gasteiger partial charge in [0.2, 0.25) is 0 Å². The molecule has 3 amide bonds. The number of carbonyl (C=O) groups is 2. The molecule has 0 saturated heterocycles. The minimum Gasteiger partial charge on any atom is -0.350 e. The molecule has 0 aromatic heterocycles. The van der Waals surface area contributed by atoms with E-state index in [4.69, 9.17) is 5.73 Å². The zero-order chi connectivity index (χ0) is 18.7. The number of hydrogen-bond donors (Lipinski definition) is 2. The van der Waals surface area contributed by atoms with E-state index in [-0.39, 0.29) is 11.6 Å². The summed E-state index contributed by atoms with van der Waals surface area (Å²) < 4.78 is 13.6. The van der Waals surface area contributed by atoms with Crippen molar-refractivity contribution in [3.05, 3.63) is 29.6 Å². The highest BCUT2D eigenvalue weighted by Gasteiger charge is 2.35. The number of nitrogens with zero attached hydrogens (tertiary/aromatic N) is 3. The van der Waals surface area contributed by atoms with Gasteiger partial charge in [0.1, 0.15) is 5.82 Å². The molecule has 0 bridgehead atoms. The molecule has 1 aliphatic heterocycles. The Bertz CT molecular complexity index is 694. The number of nitrogens with one attached hydrogen (secondary N) is 1. The number of anilines is 1. The molecule has 0 spiro atoms. The Balaban J connectivity index is 2.29. The van der Waals surface area contributed by atoms with Crippen LogP contribution in [0.1, 0.15) is 33.3 Å². The lowest BCUT2D eigenvalue weighted by atomic mass is 10.1. The van der Waals surface area contributed by atoms with E-state index in [1.807, 2.05) is 5.43 Å². The molecule has 136 valence electrons. The average Bonchev–Trinajstić information content (AvgIpc) is 2.76. The van der Waals surface area contributed by atoms with Gasteiger partial charge < -0.3 is 10.6 Å². The van der Waals surface area contributed by atoms with Crippen LogP contribution in [-0.2, 0) is 4.79 Å². The van der Waals surface area contributed by atoms with Gasteiger partial charge in [-0.05, 0) is 45.9 Å². The molecule has 0 unspecified atom stereocenters. The smallest absolute Gasteiger partial charge is 0.332 e. The lowest BCUT2D eigenvalue weighted by Gasteiger charge is -2.32. The number of hydrogen-bond acceptors (Lipinski definition) is 4. The van der Waals surface area contributed by atoms with E-state index in [9.17, 15) is 14.0 Å². The third-order valence-corrected chi connectivity index (χ3v) is 4.14. The number of amides is 3. The first-order valence-corrected chi connectivity index (χ1v) is 8.23. The summed E-state index contributed by atoms with van der Waals surface area (Å²) in [6.07, 6.45) is 0. The first-order valence-electron chi connectivity index (χ1n) is 8.23. The van der Waals surface area contributed by atoms with Crippen molar-refractivity contribution in [1.82, 2.24) is 10.3 Å². The van der Waals surface area contributed by atoms with Gasteiger partial charge in [0.15, 0.2) is 5.71 Å². The molecule has 3 N–H and O–H groups in total. The monoisotopic (exact) mass is 349 g/mol. The van der Waals surface area contributed by atoms with Crippen LogP contribution in [0.4, 0.5) is 14.9 Å². The number of carbonyl (C=O) groups excluding carboxylic acids is 2. The summed E-state index contributed by atoms with van der Waals surface area (Å²) in [6.45, 7) is 9.48. The van der Waals surface area contributed by atoms with Crippen LogP contribution in [0.3, 0.4) is 0 Å². The van der Waals surface area contributed by atoms with Crippen molar-refractivity contribution in [3.8, 4) is 0 Å². The number of hydrazone groups is 1. The molecule has 0 fully saturated rings. The van der Waals surface area contributed by atoms with Crippen LogP contribution in [0.2, 0.25) is 0 Å². The normalized spacial score (nSPS) is 15.6. The number of halogens is 1. The second kappa shape index (κ2) is 7.60. The molecule has 1 aromatic rings. The Morgan fingerprint density at radius 2 is 1.96 bits per heavy atom. The van der Waals surface area contributed by atoms with E-state index in [1.165, 1.54) is 12.1 Å². The minimum absolute atomic E-state index is 0.0195. The van der Waals surface area contributed by atoms with Crippen LogP contribution < -0.4 is 16.1 Å². The number of benzene rings is 1. The number of rotatable bonds is 6. The Morgan fingerprint density at radius 1 is 1.32 bits per heavy atom. The maximum absolute atomic E-state index is 13.6. The van der Waals surface area contributed by atoms with Gasteiger partial charge in [-0.1, -0.05) is 0 Å². The predicted octanol–water partition coefficient (Wildman–Crippen LogP) is 1.66. The molecule has 2 rings (SSSR count).